The Morgan fingerprint density at radius 3 is 2.57 bits per heavy atom. The first-order chi connectivity index (χ1) is 3.41. The fourth-order valence-electron chi connectivity index (χ4n) is 0.285. The molecule has 1 nitrogen and oxygen atoms in total. The Balaban J connectivity index is 2.78. The van der Waals surface area contributed by atoms with Gasteiger partial charge in [-0.15, -0.1) is 0 Å². The Bertz CT molecular complexity index is 48.1. The van der Waals surface area contributed by atoms with Gasteiger partial charge in [-0.05, 0) is 13.3 Å². The molecule has 0 bridgehead atoms. The Hall–Kier alpha value is -0.460. The Morgan fingerprint density at radius 1 is 1.43 bits per heavy atom. The maximum absolute atomic E-state index is 3.98. The average Bonchev–Trinajstić information content (AvgIpc) is 1.69. The zero-order valence-electron chi connectivity index (χ0n) is 5.02. The number of allylic oxidation sites excluding steroid dienone is 1. The van der Waals surface area contributed by atoms with Crippen LogP contribution in [-0.2, 0) is 0 Å². The summed E-state index contributed by atoms with van der Waals surface area (Å²) in [6.45, 7) is 5.03. The molecule has 1 heteroatoms. The van der Waals surface area contributed by atoms with Crippen LogP contribution < -0.4 is 5.32 Å². The van der Waals surface area contributed by atoms with Gasteiger partial charge >= 0.3 is 0 Å². The van der Waals surface area contributed by atoms with Crippen LogP contribution in [-0.4, -0.2) is 6.54 Å². The van der Waals surface area contributed by atoms with Crippen LogP contribution in [0.5, 0.6) is 0 Å². The molecule has 1 radical (unpaired) electrons. The number of rotatable bonds is 3. The van der Waals surface area contributed by atoms with Gasteiger partial charge in [-0.2, -0.15) is 0 Å². The van der Waals surface area contributed by atoms with E-state index in [1.807, 2.05) is 19.2 Å². The van der Waals surface area contributed by atoms with E-state index in [1.54, 1.807) is 0 Å². The standard InChI is InChI=1S/C6H12N/c1-3-5-6-7-4-2/h5-6H,3-4H2,1-2H3. The molecule has 7 heavy (non-hydrogen) atoms. The van der Waals surface area contributed by atoms with E-state index in [0.29, 0.717) is 0 Å². The summed E-state index contributed by atoms with van der Waals surface area (Å²) in [7, 11) is 0. The molecule has 0 spiro atoms. The lowest BCUT2D eigenvalue weighted by Crippen LogP contribution is -1.90. The molecule has 0 aliphatic heterocycles. The highest BCUT2D eigenvalue weighted by molar-refractivity contribution is 4.75. The molecule has 0 saturated carbocycles. The Kier molecular flexibility index (Phi) is 5.18. The summed E-state index contributed by atoms with van der Waals surface area (Å²) in [6, 6.07) is 0. The van der Waals surface area contributed by atoms with Gasteiger partial charge in [-0.3, -0.25) is 5.32 Å². The third-order valence-electron chi connectivity index (χ3n) is 0.629. The number of hydrogen-bond donors (Lipinski definition) is 0. The fourth-order valence-corrected chi connectivity index (χ4v) is 0.285. The third kappa shape index (κ3) is 5.54. The largest absolute Gasteiger partial charge is 0.294 e. The minimum atomic E-state index is 0.899. The summed E-state index contributed by atoms with van der Waals surface area (Å²) in [5, 5.41) is 3.98. The van der Waals surface area contributed by atoms with Gasteiger partial charge in [0.2, 0.25) is 0 Å². The average molecular weight is 98.2 g/mol. The maximum atomic E-state index is 3.98. The highest BCUT2D eigenvalue weighted by Crippen LogP contribution is 1.74. The zero-order chi connectivity index (χ0) is 5.54. The highest BCUT2D eigenvalue weighted by Gasteiger charge is 1.66. The second-order valence-electron chi connectivity index (χ2n) is 1.29. The molecular formula is C6H12N. The van der Waals surface area contributed by atoms with Gasteiger partial charge < -0.3 is 0 Å². The summed E-state index contributed by atoms with van der Waals surface area (Å²) in [5.74, 6) is 0. The van der Waals surface area contributed by atoms with Gasteiger partial charge in [0.1, 0.15) is 0 Å². The van der Waals surface area contributed by atoms with Crippen LogP contribution in [0.15, 0.2) is 12.3 Å². The number of nitrogens with zero attached hydrogens (tertiary/aromatic N) is 1. The van der Waals surface area contributed by atoms with Crippen molar-refractivity contribution in [3.8, 4) is 0 Å². The summed E-state index contributed by atoms with van der Waals surface area (Å²) in [4.78, 5) is 0. The van der Waals surface area contributed by atoms with Crippen LogP contribution in [0.3, 0.4) is 0 Å². The van der Waals surface area contributed by atoms with Crippen molar-refractivity contribution in [3.63, 3.8) is 0 Å². The molecule has 0 unspecified atom stereocenters. The topological polar surface area (TPSA) is 14.1 Å². The molecule has 0 aromatic carbocycles. The van der Waals surface area contributed by atoms with Gasteiger partial charge in [0.05, 0.1) is 0 Å². The predicted molar refractivity (Wildman–Crippen MR) is 32.1 cm³/mol. The van der Waals surface area contributed by atoms with E-state index >= 15 is 0 Å². The number of hydrogen-bond acceptors (Lipinski definition) is 0. The molecule has 0 atom stereocenters. The van der Waals surface area contributed by atoms with Crippen LogP contribution in [0.1, 0.15) is 20.3 Å². The molecule has 0 aliphatic rings. The van der Waals surface area contributed by atoms with Crippen LogP contribution in [0.25, 0.3) is 0 Å². The predicted octanol–water partition coefficient (Wildman–Crippen LogP) is 1.53. The van der Waals surface area contributed by atoms with Gasteiger partial charge in [-0.25, -0.2) is 0 Å². The lowest BCUT2D eigenvalue weighted by molar-refractivity contribution is 0.894. The van der Waals surface area contributed by atoms with Crippen molar-refractivity contribution >= 4 is 0 Å². The van der Waals surface area contributed by atoms with Crippen LogP contribution in [0.4, 0.5) is 0 Å². The molecule has 0 rings (SSSR count). The maximum Gasteiger partial charge on any atom is 0.0360 e. The van der Waals surface area contributed by atoms with Gasteiger partial charge in [0, 0.05) is 12.7 Å². The summed E-state index contributed by atoms with van der Waals surface area (Å²) in [6.07, 6.45) is 4.99. The van der Waals surface area contributed by atoms with Crippen LogP contribution in [0.2, 0.25) is 0 Å². The Morgan fingerprint density at radius 2 is 2.14 bits per heavy atom. The molecule has 41 valence electrons. The van der Waals surface area contributed by atoms with Crippen LogP contribution >= 0.6 is 0 Å². The lowest BCUT2D eigenvalue weighted by atomic mass is 10.5. The van der Waals surface area contributed by atoms with Crippen molar-refractivity contribution in [3.05, 3.63) is 12.3 Å². The van der Waals surface area contributed by atoms with E-state index in [4.69, 9.17) is 0 Å². The van der Waals surface area contributed by atoms with Crippen molar-refractivity contribution < 1.29 is 0 Å². The SMILES string of the molecule is CCC=C[N]CC. The molecule has 0 aromatic heterocycles. The Labute approximate surface area is 45.4 Å². The highest BCUT2D eigenvalue weighted by atomic mass is 14.8. The molecular weight excluding hydrogens is 86.1 g/mol. The molecule has 0 N–H and O–H groups in total. The minimum absolute atomic E-state index is 0.899. The lowest BCUT2D eigenvalue weighted by Gasteiger charge is -1.82. The van der Waals surface area contributed by atoms with E-state index in [-0.39, 0.29) is 0 Å². The molecule has 0 fully saturated rings. The molecule has 0 amide bonds. The van der Waals surface area contributed by atoms with E-state index < -0.39 is 0 Å². The van der Waals surface area contributed by atoms with Crippen molar-refractivity contribution in [2.45, 2.75) is 20.3 Å². The zero-order valence-corrected chi connectivity index (χ0v) is 5.02. The summed E-state index contributed by atoms with van der Waals surface area (Å²) >= 11 is 0. The molecule has 0 aliphatic carbocycles. The van der Waals surface area contributed by atoms with Crippen molar-refractivity contribution in [2.24, 2.45) is 0 Å². The second kappa shape index (κ2) is 5.54. The first-order valence-corrected chi connectivity index (χ1v) is 2.73. The van der Waals surface area contributed by atoms with Crippen molar-refractivity contribution in [1.82, 2.24) is 5.32 Å². The normalized spacial score (nSPS) is 10.0. The second-order valence-corrected chi connectivity index (χ2v) is 1.29. The quantitative estimate of drug-likeness (QED) is 0.508. The molecule has 0 heterocycles. The van der Waals surface area contributed by atoms with Gasteiger partial charge in [-0.1, -0.05) is 13.0 Å². The van der Waals surface area contributed by atoms with Gasteiger partial charge in [0.25, 0.3) is 0 Å². The smallest absolute Gasteiger partial charge is 0.0360 e. The van der Waals surface area contributed by atoms with E-state index in [2.05, 4.69) is 12.2 Å². The first kappa shape index (κ1) is 6.54. The van der Waals surface area contributed by atoms with E-state index in [0.717, 1.165) is 13.0 Å². The summed E-state index contributed by atoms with van der Waals surface area (Å²) in [5.41, 5.74) is 0. The van der Waals surface area contributed by atoms with Crippen molar-refractivity contribution in [2.75, 3.05) is 6.54 Å². The minimum Gasteiger partial charge on any atom is -0.294 e. The molecule has 0 aromatic rings. The molecule has 0 saturated heterocycles. The fraction of sp³-hybridized carbons (Fsp3) is 0.667. The van der Waals surface area contributed by atoms with Crippen molar-refractivity contribution in [1.29, 1.82) is 0 Å². The monoisotopic (exact) mass is 98.1 g/mol. The third-order valence-corrected chi connectivity index (χ3v) is 0.629. The van der Waals surface area contributed by atoms with Gasteiger partial charge in [0.15, 0.2) is 0 Å². The first-order valence-electron chi connectivity index (χ1n) is 2.73. The summed E-state index contributed by atoms with van der Waals surface area (Å²) < 4.78 is 0. The van der Waals surface area contributed by atoms with E-state index in [9.17, 15) is 0 Å². The van der Waals surface area contributed by atoms with E-state index in [1.165, 1.54) is 0 Å². The van der Waals surface area contributed by atoms with Crippen LogP contribution in [0, 0.1) is 0 Å².